The Kier molecular flexibility index (Phi) is 5.71. The monoisotopic (exact) mass is 296 g/mol. The van der Waals surface area contributed by atoms with Gasteiger partial charge in [-0.25, -0.2) is 8.78 Å². The van der Waals surface area contributed by atoms with Crippen molar-refractivity contribution in [1.82, 2.24) is 10.2 Å². The number of hydrogen-bond donors (Lipinski definition) is 1. The Morgan fingerprint density at radius 3 is 2.81 bits per heavy atom. The summed E-state index contributed by atoms with van der Waals surface area (Å²) in [5.41, 5.74) is 0.426. The molecule has 0 aromatic heterocycles. The van der Waals surface area contributed by atoms with E-state index in [4.69, 9.17) is 0 Å². The van der Waals surface area contributed by atoms with Crippen LogP contribution in [0.25, 0.3) is 0 Å². The highest BCUT2D eigenvalue weighted by Gasteiger charge is 2.25. The number of rotatable bonds is 5. The van der Waals surface area contributed by atoms with Crippen molar-refractivity contribution in [2.45, 2.75) is 45.2 Å². The Hall–Kier alpha value is -1.00. The Morgan fingerprint density at radius 1 is 1.33 bits per heavy atom. The number of halogens is 2. The molecule has 0 amide bonds. The molecule has 3 unspecified atom stereocenters. The second-order valence-corrected chi connectivity index (χ2v) is 6.17. The summed E-state index contributed by atoms with van der Waals surface area (Å²) in [5.74, 6) is -0.790. The van der Waals surface area contributed by atoms with Gasteiger partial charge < -0.3 is 10.2 Å². The highest BCUT2D eigenvalue weighted by Crippen LogP contribution is 2.26. The third kappa shape index (κ3) is 3.80. The van der Waals surface area contributed by atoms with Crippen LogP contribution in [0.15, 0.2) is 18.2 Å². The number of benzene rings is 1. The van der Waals surface area contributed by atoms with E-state index < -0.39 is 11.6 Å². The molecule has 1 saturated heterocycles. The van der Waals surface area contributed by atoms with Crippen LogP contribution in [-0.4, -0.2) is 31.1 Å². The van der Waals surface area contributed by atoms with E-state index in [-0.39, 0.29) is 6.04 Å². The van der Waals surface area contributed by atoms with E-state index in [2.05, 4.69) is 24.1 Å². The molecule has 1 fully saturated rings. The van der Waals surface area contributed by atoms with Crippen molar-refractivity contribution >= 4 is 0 Å². The molecule has 3 atom stereocenters. The molecule has 0 bridgehead atoms. The molecule has 2 nitrogen and oxygen atoms in total. The van der Waals surface area contributed by atoms with Gasteiger partial charge in [-0.3, -0.25) is 0 Å². The molecule has 2 rings (SSSR count). The van der Waals surface area contributed by atoms with Gasteiger partial charge >= 0.3 is 0 Å². The first kappa shape index (κ1) is 16.4. The highest BCUT2D eigenvalue weighted by molar-refractivity contribution is 5.22. The fraction of sp³-hybridized carbons (Fsp3) is 0.647. The molecule has 1 aromatic carbocycles. The van der Waals surface area contributed by atoms with E-state index in [0.29, 0.717) is 17.5 Å². The molecule has 0 saturated carbocycles. The molecule has 0 radical (unpaired) electrons. The topological polar surface area (TPSA) is 15.3 Å². The first-order valence-corrected chi connectivity index (χ1v) is 7.89. The van der Waals surface area contributed by atoms with Gasteiger partial charge in [0.25, 0.3) is 0 Å². The van der Waals surface area contributed by atoms with Crippen LogP contribution in [0.5, 0.6) is 0 Å². The molecule has 118 valence electrons. The number of hydrogen-bond acceptors (Lipinski definition) is 2. The lowest BCUT2D eigenvalue weighted by Gasteiger charge is -2.38. The minimum atomic E-state index is -0.771. The number of nitrogens with zero attached hydrogens (tertiary/aromatic N) is 1. The third-order valence-electron chi connectivity index (χ3n) is 4.91. The fourth-order valence-electron chi connectivity index (χ4n) is 3.28. The van der Waals surface area contributed by atoms with Gasteiger partial charge in [-0.1, -0.05) is 19.1 Å². The molecule has 21 heavy (non-hydrogen) atoms. The van der Waals surface area contributed by atoms with Crippen molar-refractivity contribution < 1.29 is 8.78 Å². The number of nitrogens with one attached hydrogen (secondary N) is 1. The Morgan fingerprint density at radius 2 is 2.10 bits per heavy atom. The van der Waals surface area contributed by atoms with Crippen LogP contribution in [-0.2, 0) is 0 Å². The lowest BCUT2D eigenvalue weighted by Crippen LogP contribution is -2.43. The van der Waals surface area contributed by atoms with Crippen molar-refractivity contribution in [2.24, 2.45) is 5.92 Å². The minimum absolute atomic E-state index is 0.148. The SMILES string of the molecule is CNC(CCN1CCCC(C)C1C)c1cccc(F)c1F. The molecule has 1 aliphatic heterocycles. The minimum Gasteiger partial charge on any atom is -0.313 e. The molecule has 4 heteroatoms. The van der Waals surface area contributed by atoms with Crippen LogP contribution in [0.3, 0.4) is 0 Å². The van der Waals surface area contributed by atoms with Crippen molar-refractivity contribution in [3.8, 4) is 0 Å². The lowest BCUT2D eigenvalue weighted by molar-refractivity contribution is 0.109. The van der Waals surface area contributed by atoms with Gasteiger partial charge in [0.05, 0.1) is 0 Å². The van der Waals surface area contributed by atoms with E-state index in [0.717, 1.165) is 19.5 Å². The summed E-state index contributed by atoms with van der Waals surface area (Å²) < 4.78 is 27.3. The molecule has 0 spiro atoms. The molecular weight excluding hydrogens is 270 g/mol. The molecule has 1 heterocycles. The second-order valence-electron chi connectivity index (χ2n) is 6.17. The highest BCUT2D eigenvalue weighted by atomic mass is 19.2. The maximum absolute atomic E-state index is 13.9. The summed E-state index contributed by atoms with van der Waals surface area (Å²) in [7, 11) is 1.80. The van der Waals surface area contributed by atoms with Gasteiger partial charge in [-0.15, -0.1) is 0 Å². The zero-order valence-electron chi connectivity index (χ0n) is 13.2. The molecular formula is C17H26F2N2. The van der Waals surface area contributed by atoms with E-state index in [1.54, 1.807) is 19.2 Å². The maximum Gasteiger partial charge on any atom is 0.163 e. The number of likely N-dealkylation sites (tertiary alicyclic amines) is 1. The van der Waals surface area contributed by atoms with E-state index in [1.807, 2.05) is 0 Å². The van der Waals surface area contributed by atoms with E-state index >= 15 is 0 Å². The van der Waals surface area contributed by atoms with Crippen LogP contribution in [0.4, 0.5) is 8.78 Å². The van der Waals surface area contributed by atoms with Crippen LogP contribution in [0.2, 0.25) is 0 Å². The standard InChI is InChI=1S/C17H26F2N2/c1-12-6-5-10-21(13(12)2)11-9-16(20-3)14-7-4-8-15(18)17(14)19/h4,7-8,12-13,16,20H,5-6,9-11H2,1-3H3. The van der Waals surface area contributed by atoms with Gasteiger partial charge in [0, 0.05) is 24.2 Å². The predicted octanol–water partition coefficient (Wildman–Crippen LogP) is 3.74. The van der Waals surface area contributed by atoms with Gasteiger partial charge in [-0.05, 0) is 51.8 Å². The largest absolute Gasteiger partial charge is 0.313 e. The Labute approximate surface area is 126 Å². The first-order chi connectivity index (χ1) is 10.0. The quantitative estimate of drug-likeness (QED) is 0.890. The maximum atomic E-state index is 13.9. The zero-order chi connectivity index (χ0) is 15.4. The summed E-state index contributed by atoms with van der Waals surface area (Å²) in [6.07, 6.45) is 3.30. The van der Waals surface area contributed by atoms with Crippen molar-refractivity contribution in [3.63, 3.8) is 0 Å². The van der Waals surface area contributed by atoms with Crippen LogP contribution >= 0.6 is 0 Å². The van der Waals surface area contributed by atoms with Gasteiger partial charge in [0.2, 0.25) is 0 Å². The average molecular weight is 296 g/mol. The Bertz CT molecular complexity index is 464. The van der Waals surface area contributed by atoms with Gasteiger partial charge in [0.1, 0.15) is 0 Å². The third-order valence-corrected chi connectivity index (χ3v) is 4.91. The number of piperidine rings is 1. The van der Waals surface area contributed by atoms with Crippen molar-refractivity contribution in [1.29, 1.82) is 0 Å². The van der Waals surface area contributed by atoms with E-state index in [9.17, 15) is 8.78 Å². The molecule has 1 N–H and O–H groups in total. The Balaban J connectivity index is 2.01. The molecule has 1 aromatic rings. The van der Waals surface area contributed by atoms with Crippen LogP contribution in [0.1, 0.15) is 44.7 Å². The van der Waals surface area contributed by atoms with Crippen LogP contribution in [0, 0.1) is 17.6 Å². The molecule has 1 aliphatic rings. The smallest absolute Gasteiger partial charge is 0.163 e. The van der Waals surface area contributed by atoms with E-state index in [1.165, 1.54) is 18.9 Å². The average Bonchev–Trinajstić information content (AvgIpc) is 2.48. The zero-order valence-corrected chi connectivity index (χ0v) is 13.2. The fourth-order valence-corrected chi connectivity index (χ4v) is 3.28. The predicted molar refractivity (Wildman–Crippen MR) is 82.2 cm³/mol. The normalized spacial score (nSPS) is 25.0. The van der Waals surface area contributed by atoms with Gasteiger partial charge in [-0.2, -0.15) is 0 Å². The summed E-state index contributed by atoms with van der Waals surface area (Å²) in [6, 6.07) is 4.82. The first-order valence-electron chi connectivity index (χ1n) is 7.89. The lowest BCUT2D eigenvalue weighted by atomic mass is 9.91. The van der Waals surface area contributed by atoms with Gasteiger partial charge in [0.15, 0.2) is 11.6 Å². The summed E-state index contributed by atoms with van der Waals surface area (Å²) >= 11 is 0. The summed E-state index contributed by atoms with van der Waals surface area (Å²) in [6.45, 7) is 6.57. The summed E-state index contributed by atoms with van der Waals surface area (Å²) in [4.78, 5) is 2.47. The van der Waals surface area contributed by atoms with Crippen LogP contribution < -0.4 is 5.32 Å². The molecule has 0 aliphatic carbocycles. The second kappa shape index (κ2) is 7.32. The summed E-state index contributed by atoms with van der Waals surface area (Å²) in [5, 5.41) is 3.12. The van der Waals surface area contributed by atoms with Crippen molar-refractivity contribution in [3.05, 3.63) is 35.4 Å². The van der Waals surface area contributed by atoms with Crippen molar-refractivity contribution in [2.75, 3.05) is 20.1 Å².